The molecular weight excluding hydrogens is 278 g/mol. The summed E-state index contributed by atoms with van der Waals surface area (Å²) >= 11 is 1.98. The molecule has 3 heteroatoms. The van der Waals surface area contributed by atoms with Gasteiger partial charge >= 0.3 is 0 Å². The fraction of sp³-hybridized carbons (Fsp3) is 0.333. The number of ether oxygens (including phenoxy) is 1. The van der Waals surface area contributed by atoms with Crippen LogP contribution in [-0.4, -0.2) is 12.4 Å². The molecule has 0 spiro atoms. The maximum absolute atomic E-state index is 6.48. The quantitative estimate of drug-likeness (QED) is 0.928. The van der Waals surface area contributed by atoms with Gasteiger partial charge in [0.25, 0.3) is 0 Å². The number of thioether (sulfide) groups is 1. The van der Waals surface area contributed by atoms with E-state index in [-0.39, 0.29) is 6.04 Å². The van der Waals surface area contributed by atoms with Crippen LogP contribution in [0.4, 0.5) is 0 Å². The third-order valence-corrected chi connectivity index (χ3v) is 5.57. The van der Waals surface area contributed by atoms with Gasteiger partial charge in [-0.25, -0.2) is 0 Å². The van der Waals surface area contributed by atoms with E-state index in [2.05, 4.69) is 42.5 Å². The number of hydrogen-bond acceptors (Lipinski definition) is 3. The molecule has 2 atom stereocenters. The van der Waals surface area contributed by atoms with E-state index in [9.17, 15) is 0 Å². The highest BCUT2D eigenvalue weighted by atomic mass is 32.2. The van der Waals surface area contributed by atoms with Crippen LogP contribution in [0.1, 0.15) is 29.2 Å². The molecule has 3 rings (SSSR count). The summed E-state index contributed by atoms with van der Waals surface area (Å²) in [5, 5.41) is 0.492. The number of aryl methyl sites for hydroxylation is 1. The lowest BCUT2D eigenvalue weighted by Crippen LogP contribution is -2.29. The third-order valence-electron chi connectivity index (χ3n) is 4.11. The summed E-state index contributed by atoms with van der Waals surface area (Å²) in [5.41, 5.74) is 10.5. The van der Waals surface area contributed by atoms with E-state index < -0.39 is 0 Å². The highest BCUT2D eigenvalue weighted by Crippen LogP contribution is 2.38. The predicted octanol–water partition coefficient (Wildman–Crippen LogP) is 3.94. The van der Waals surface area contributed by atoms with Crippen molar-refractivity contribution in [3.63, 3.8) is 0 Å². The summed E-state index contributed by atoms with van der Waals surface area (Å²) < 4.78 is 5.30. The first kappa shape index (κ1) is 14.5. The molecule has 0 bridgehead atoms. The second kappa shape index (κ2) is 6.54. The molecule has 110 valence electrons. The van der Waals surface area contributed by atoms with Gasteiger partial charge in [-0.15, -0.1) is 0 Å². The smallest absolute Gasteiger partial charge is 0.119 e. The zero-order valence-electron chi connectivity index (χ0n) is 12.3. The molecule has 2 aromatic carbocycles. The Morgan fingerprint density at radius 1 is 1.19 bits per heavy atom. The monoisotopic (exact) mass is 299 g/mol. The van der Waals surface area contributed by atoms with Gasteiger partial charge in [0.15, 0.2) is 0 Å². The van der Waals surface area contributed by atoms with Crippen LogP contribution < -0.4 is 10.5 Å². The highest BCUT2D eigenvalue weighted by molar-refractivity contribution is 7.99. The summed E-state index contributed by atoms with van der Waals surface area (Å²) in [4.78, 5) is 0. The first-order valence-corrected chi connectivity index (χ1v) is 8.40. The molecule has 21 heavy (non-hydrogen) atoms. The minimum absolute atomic E-state index is 0.119. The van der Waals surface area contributed by atoms with Gasteiger partial charge in [0.05, 0.1) is 7.11 Å². The predicted molar refractivity (Wildman–Crippen MR) is 89.8 cm³/mol. The number of hydrogen-bond donors (Lipinski definition) is 1. The second-order valence-corrected chi connectivity index (χ2v) is 6.69. The van der Waals surface area contributed by atoms with E-state index >= 15 is 0 Å². The molecule has 1 aliphatic carbocycles. The van der Waals surface area contributed by atoms with Crippen LogP contribution in [-0.2, 0) is 12.2 Å². The van der Waals surface area contributed by atoms with E-state index in [4.69, 9.17) is 10.5 Å². The molecule has 0 amide bonds. The number of nitrogens with two attached hydrogens (primary N) is 1. The molecule has 0 aromatic heterocycles. The topological polar surface area (TPSA) is 35.2 Å². The zero-order chi connectivity index (χ0) is 14.7. The summed E-state index contributed by atoms with van der Waals surface area (Å²) in [6, 6.07) is 17.0. The van der Waals surface area contributed by atoms with E-state index in [1.807, 2.05) is 17.8 Å². The molecule has 0 aliphatic heterocycles. The Balaban J connectivity index is 1.69. The van der Waals surface area contributed by atoms with Gasteiger partial charge < -0.3 is 10.5 Å². The molecule has 0 radical (unpaired) electrons. The Kier molecular flexibility index (Phi) is 4.51. The van der Waals surface area contributed by atoms with Crippen LogP contribution in [0.25, 0.3) is 0 Å². The molecular formula is C18H21NOS. The van der Waals surface area contributed by atoms with Crippen LogP contribution in [0.2, 0.25) is 0 Å². The van der Waals surface area contributed by atoms with Crippen molar-refractivity contribution in [2.75, 3.05) is 7.11 Å². The molecule has 0 saturated heterocycles. The van der Waals surface area contributed by atoms with Crippen molar-refractivity contribution in [1.29, 1.82) is 0 Å². The molecule has 0 saturated carbocycles. The maximum Gasteiger partial charge on any atom is 0.119 e. The van der Waals surface area contributed by atoms with Crippen LogP contribution >= 0.6 is 11.8 Å². The lowest BCUT2D eigenvalue weighted by molar-refractivity contribution is 0.413. The van der Waals surface area contributed by atoms with Gasteiger partial charge in [-0.2, -0.15) is 11.8 Å². The summed E-state index contributed by atoms with van der Waals surface area (Å²) in [7, 11) is 1.71. The van der Waals surface area contributed by atoms with E-state index in [0.29, 0.717) is 5.25 Å². The Labute approximate surface area is 130 Å². The lowest BCUT2D eigenvalue weighted by atomic mass is 9.87. The normalized spacial score (nSPS) is 20.9. The Hall–Kier alpha value is -1.45. The van der Waals surface area contributed by atoms with E-state index in [1.165, 1.54) is 16.7 Å². The SMILES string of the molecule is COc1ccc2c(c1)CCC(SCc1ccccc1)C2N. The maximum atomic E-state index is 6.48. The molecule has 0 heterocycles. The first-order valence-electron chi connectivity index (χ1n) is 7.36. The van der Waals surface area contributed by atoms with E-state index in [0.717, 1.165) is 24.3 Å². The van der Waals surface area contributed by atoms with Gasteiger partial charge in [-0.05, 0) is 41.7 Å². The van der Waals surface area contributed by atoms with Crippen molar-refractivity contribution in [3.05, 3.63) is 65.2 Å². The highest BCUT2D eigenvalue weighted by Gasteiger charge is 2.27. The molecule has 2 unspecified atom stereocenters. The van der Waals surface area contributed by atoms with Crippen molar-refractivity contribution in [2.45, 2.75) is 29.9 Å². The van der Waals surface area contributed by atoms with Crippen molar-refractivity contribution >= 4 is 11.8 Å². The molecule has 0 fully saturated rings. The number of methoxy groups -OCH3 is 1. The molecule has 2 aromatic rings. The van der Waals surface area contributed by atoms with Crippen molar-refractivity contribution in [1.82, 2.24) is 0 Å². The molecule has 1 aliphatic rings. The average Bonchev–Trinajstić information content (AvgIpc) is 2.55. The average molecular weight is 299 g/mol. The van der Waals surface area contributed by atoms with Gasteiger partial charge in [0, 0.05) is 17.0 Å². The van der Waals surface area contributed by atoms with Crippen molar-refractivity contribution < 1.29 is 4.74 Å². The van der Waals surface area contributed by atoms with Crippen LogP contribution in [0, 0.1) is 0 Å². The van der Waals surface area contributed by atoms with E-state index in [1.54, 1.807) is 7.11 Å². The Morgan fingerprint density at radius 3 is 2.76 bits per heavy atom. The van der Waals surface area contributed by atoms with Crippen molar-refractivity contribution in [3.8, 4) is 5.75 Å². The zero-order valence-corrected chi connectivity index (χ0v) is 13.1. The second-order valence-electron chi connectivity index (χ2n) is 5.46. The minimum Gasteiger partial charge on any atom is -0.497 e. The van der Waals surface area contributed by atoms with Gasteiger partial charge in [0.1, 0.15) is 5.75 Å². The molecule has 2 nitrogen and oxygen atoms in total. The van der Waals surface area contributed by atoms with Crippen LogP contribution in [0.3, 0.4) is 0 Å². The van der Waals surface area contributed by atoms with Gasteiger partial charge in [-0.1, -0.05) is 36.4 Å². The summed E-state index contributed by atoms with van der Waals surface area (Å²) in [6.07, 6.45) is 2.23. The van der Waals surface area contributed by atoms with Gasteiger partial charge in [0.2, 0.25) is 0 Å². The van der Waals surface area contributed by atoms with Crippen LogP contribution in [0.5, 0.6) is 5.75 Å². The van der Waals surface area contributed by atoms with Gasteiger partial charge in [-0.3, -0.25) is 0 Å². The summed E-state index contributed by atoms with van der Waals surface area (Å²) in [6.45, 7) is 0. The largest absolute Gasteiger partial charge is 0.497 e. The molecule has 2 N–H and O–H groups in total. The minimum atomic E-state index is 0.119. The van der Waals surface area contributed by atoms with Crippen LogP contribution in [0.15, 0.2) is 48.5 Å². The Bertz CT molecular complexity index is 599. The summed E-state index contributed by atoms with van der Waals surface area (Å²) in [5.74, 6) is 1.96. The number of fused-ring (bicyclic) bond motifs is 1. The third kappa shape index (κ3) is 3.25. The fourth-order valence-corrected chi connectivity index (χ4v) is 4.13. The standard InChI is InChI=1S/C18H21NOS/c1-20-15-8-9-16-14(11-15)7-10-17(18(16)19)21-12-13-5-3-2-4-6-13/h2-6,8-9,11,17-18H,7,10,12,19H2,1H3. The first-order chi connectivity index (χ1) is 10.3. The van der Waals surface area contributed by atoms with Crippen molar-refractivity contribution in [2.24, 2.45) is 5.73 Å². The Morgan fingerprint density at radius 2 is 2.00 bits per heavy atom. The fourth-order valence-electron chi connectivity index (χ4n) is 2.89. The number of rotatable bonds is 4. The number of benzene rings is 2. The lowest BCUT2D eigenvalue weighted by Gasteiger charge is -2.31.